The molecule has 132 valence electrons. The molecule has 5 nitrogen and oxygen atoms in total. The number of carbonyl (C=O) groups is 3. The lowest BCUT2D eigenvalue weighted by atomic mass is 9.83. The minimum atomic E-state index is -1.17. The topological polar surface area (TPSA) is 69.7 Å². The van der Waals surface area contributed by atoms with Gasteiger partial charge in [0.25, 0.3) is 0 Å². The Morgan fingerprint density at radius 3 is 1.92 bits per heavy atom. The molecule has 1 aromatic carbocycles. The quantitative estimate of drug-likeness (QED) is 0.578. The third kappa shape index (κ3) is 6.00. The van der Waals surface area contributed by atoms with Gasteiger partial charge in [-0.3, -0.25) is 14.4 Å². The summed E-state index contributed by atoms with van der Waals surface area (Å²) in [5.74, 6) is -3.21. The van der Waals surface area contributed by atoms with Crippen molar-refractivity contribution in [3.05, 3.63) is 35.9 Å². The van der Waals surface area contributed by atoms with Crippen LogP contribution in [0.25, 0.3) is 0 Å². The normalized spacial score (nSPS) is 12.6. The van der Waals surface area contributed by atoms with Gasteiger partial charge in [-0.15, -0.1) is 0 Å². The Morgan fingerprint density at radius 2 is 1.50 bits per heavy atom. The third-order valence-electron chi connectivity index (χ3n) is 3.35. The number of ether oxygens (including phenoxy) is 2. The lowest BCUT2D eigenvalue weighted by Gasteiger charge is -2.24. The van der Waals surface area contributed by atoms with Gasteiger partial charge < -0.3 is 9.47 Å². The van der Waals surface area contributed by atoms with Gasteiger partial charge in [0, 0.05) is 17.1 Å². The molecule has 1 aromatic rings. The van der Waals surface area contributed by atoms with E-state index >= 15 is 0 Å². The van der Waals surface area contributed by atoms with Gasteiger partial charge in [-0.05, 0) is 5.56 Å². The highest BCUT2D eigenvalue weighted by Crippen LogP contribution is 2.35. The van der Waals surface area contributed by atoms with Crippen molar-refractivity contribution in [2.75, 3.05) is 14.2 Å². The van der Waals surface area contributed by atoms with Gasteiger partial charge in [0.2, 0.25) is 0 Å². The summed E-state index contributed by atoms with van der Waals surface area (Å²) in [6, 6.07) is 9.01. The third-order valence-corrected chi connectivity index (χ3v) is 4.35. The van der Waals surface area contributed by atoms with Crippen molar-refractivity contribution in [3.8, 4) is 0 Å². The molecule has 0 aromatic heterocycles. The number of hydrogen-bond acceptors (Lipinski definition) is 6. The molecule has 6 heteroatoms. The molecule has 0 radical (unpaired) electrons. The molecule has 0 amide bonds. The lowest BCUT2D eigenvalue weighted by molar-refractivity contribution is -0.160. The molecule has 0 aliphatic carbocycles. The molecule has 0 spiro atoms. The van der Waals surface area contributed by atoms with Gasteiger partial charge in [0.05, 0.1) is 14.2 Å². The van der Waals surface area contributed by atoms with Crippen LogP contribution >= 0.6 is 11.8 Å². The first kappa shape index (κ1) is 20.2. The highest BCUT2D eigenvalue weighted by Gasteiger charge is 2.39. The van der Waals surface area contributed by atoms with Gasteiger partial charge in [-0.1, -0.05) is 62.9 Å². The van der Waals surface area contributed by atoms with Crippen LogP contribution in [0.3, 0.4) is 0 Å². The van der Waals surface area contributed by atoms with E-state index in [-0.39, 0.29) is 16.3 Å². The number of benzene rings is 1. The fourth-order valence-corrected chi connectivity index (χ4v) is 3.32. The molecule has 24 heavy (non-hydrogen) atoms. The summed E-state index contributed by atoms with van der Waals surface area (Å²) < 4.78 is 9.28. The van der Waals surface area contributed by atoms with E-state index in [1.807, 2.05) is 26.8 Å². The summed E-state index contributed by atoms with van der Waals surface area (Å²) in [5.41, 5.74) is 0.723. The van der Waals surface area contributed by atoms with Crippen LogP contribution in [0.4, 0.5) is 0 Å². The monoisotopic (exact) mass is 352 g/mol. The summed E-state index contributed by atoms with van der Waals surface area (Å²) in [5, 5.41) is -0.0887. The molecule has 1 atom stereocenters. The molecular formula is C18H24O5S. The van der Waals surface area contributed by atoms with E-state index in [4.69, 9.17) is 9.47 Å². The molecule has 1 unspecified atom stereocenters. The van der Waals surface area contributed by atoms with E-state index in [1.165, 1.54) is 26.0 Å². The Bertz CT molecular complexity index is 561. The second kappa shape index (κ2) is 8.87. The molecule has 0 N–H and O–H groups in total. The standard InChI is InChI=1S/C18H24O5S/c1-18(2,3)24-14(19)11-13(12-9-7-6-8-10-12)15(16(20)22-4)17(21)23-5/h6-10,13,15H,11H2,1-5H3. The molecule has 0 saturated carbocycles. The van der Waals surface area contributed by atoms with Crippen molar-refractivity contribution in [2.24, 2.45) is 5.92 Å². The molecule has 0 aliphatic heterocycles. The summed E-state index contributed by atoms with van der Waals surface area (Å²) in [4.78, 5) is 36.7. The summed E-state index contributed by atoms with van der Waals surface area (Å²) in [7, 11) is 2.43. The van der Waals surface area contributed by atoms with Crippen molar-refractivity contribution in [1.29, 1.82) is 0 Å². The molecule has 0 fully saturated rings. The van der Waals surface area contributed by atoms with E-state index in [0.29, 0.717) is 0 Å². The van der Waals surface area contributed by atoms with Gasteiger partial charge >= 0.3 is 11.9 Å². The van der Waals surface area contributed by atoms with E-state index in [0.717, 1.165) is 5.56 Å². The fraction of sp³-hybridized carbons (Fsp3) is 0.500. The second-order valence-corrected chi connectivity index (χ2v) is 8.22. The van der Waals surface area contributed by atoms with Crippen LogP contribution in [-0.4, -0.2) is 36.0 Å². The first-order valence-electron chi connectivity index (χ1n) is 7.62. The number of thioether (sulfide) groups is 1. The summed E-state index contributed by atoms with van der Waals surface area (Å²) >= 11 is 1.19. The highest BCUT2D eigenvalue weighted by molar-refractivity contribution is 8.14. The minimum absolute atomic E-state index is 0.0425. The van der Waals surface area contributed by atoms with Crippen molar-refractivity contribution in [2.45, 2.75) is 37.9 Å². The van der Waals surface area contributed by atoms with Crippen molar-refractivity contribution in [1.82, 2.24) is 0 Å². The smallest absolute Gasteiger partial charge is 0.320 e. The number of hydrogen-bond donors (Lipinski definition) is 0. The van der Waals surface area contributed by atoms with E-state index in [1.54, 1.807) is 24.3 Å². The fourth-order valence-electron chi connectivity index (χ4n) is 2.37. The zero-order chi connectivity index (χ0) is 18.3. The summed E-state index contributed by atoms with van der Waals surface area (Å²) in [6.07, 6.45) is 0.0425. The Kier molecular flexibility index (Phi) is 7.48. The zero-order valence-corrected chi connectivity index (χ0v) is 15.5. The van der Waals surface area contributed by atoms with Crippen LogP contribution in [0.15, 0.2) is 30.3 Å². The van der Waals surface area contributed by atoms with Crippen LogP contribution in [0.1, 0.15) is 38.7 Å². The minimum Gasteiger partial charge on any atom is -0.468 e. The van der Waals surface area contributed by atoms with Crippen LogP contribution < -0.4 is 0 Å². The van der Waals surface area contributed by atoms with Crippen LogP contribution in [0.5, 0.6) is 0 Å². The van der Waals surface area contributed by atoms with Gasteiger partial charge in [0.15, 0.2) is 11.0 Å². The Labute approximate surface area is 147 Å². The Morgan fingerprint density at radius 1 is 1.00 bits per heavy atom. The SMILES string of the molecule is COC(=O)C(C(=O)OC)C(CC(=O)SC(C)(C)C)c1ccccc1. The average Bonchev–Trinajstić information content (AvgIpc) is 2.52. The van der Waals surface area contributed by atoms with Crippen molar-refractivity contribution >= 4 is 28.8 Å². The molecule has 1 rings (SSSR count). The maximum absolute atomic E-state index is 12.4. The Balaban J connectivity index is 3.19. The maximum atomic E-state index is 12.4. The van der Waals surface area contributed by atoms with E-state index < -0.39 is 23.8 Å². The van der Waals surface area contributed by atoms with Gasteiger partial charge in [-0.2, -0.15) is 0 Å². The van der Waals surface area contributed by atoms with E-state index in [2.05, 4.69) is 0 Å². The number of esters is 2. The molecule has 0 saturated heterocycles. The first-order valence-corrected chi connectivity index (χ1v) is 8.43. The molecule has 0 bridgehead atoms. The molecule has 0 heterocycles. The molecular weight excluding hydrogens is 328 g/mol. The second-order valence-electron chi connectivity index (χ2n) is 6.33. The van der Waals surface area contributed by atoms with Crippen molar-refractivity contribution in [3.63, 3.8) is 0 Å². The largest absolute Gasteiger partial charge is 0.468 e. The van der Waals surface area contributed by atoms with Crippen LogP contribution in [-0.2, 0) is 23.9 Å². The maximum Gasteiger partial charge on any atom is 0.320 e. The Hall–Kier alpha value is -1.82. The van der Waals surface area contributed by atoms with E-state index in [9.17, 15) is 14.4 Å². The zero-order valence-electron chi connectivity index (χ0n) is 14.7. The van der Waals surface area contributed by atoms with Gasteiger partial charge in [0.1, 0.15) is 0 Å². The predicted octanol–water partition coefficient (Wildman–Crippen LogP) is 3.18. The van der Waals surface area contributed by atoms with Crippen LogP contribution in [0.2, 0.25) is 0 Å². The average molecular weight is 352 g/mol. The molecule has 0 aliphatic rings. The lowest BCUT2D eigenvalue weighted by Crippen LogP contribution is -2.33. The number of carbonyl (C=O) groups excluding carboxylic acids is 3. The van der Waals surface area contributed by atoms with Crippen LogP contribution in [0, 0.1) is 5.92 Å². The highest BCUT2D eigenvalue weighted by atomic mass is 32.2. The predicted molar refractivity (Wildman–Crippen MR) is 93.7 cm³/mol. The number of rotatable bonds is 6. The number of methoxy groups -OCH3 is 2. The van der Waals surface area contributed by atoms with Crippen molar-refractivity contribution < 1.29 is 23.9 Å². The first-order chi connectivity index (χ1) is 11.2. The van der Waals surface area contributed by atoms with Gasteiger partial charge in [-0.25, -0.2) is 0 Å². The summed E-state index contributed by atoms with van der Waals surface area (Å²) in [6.45, 7) is 5.81.